The van der Waals surface area contributed by atoms with E-state index in [1.54, 1.807) is 26.0 Å². The average Bonchev–Trinajstić information content (AvgIpc) is 3.71. The molecule has 5 atom stereocenters. The van der Waals surface area contributed by atoms with Crippen molar-refractivity contribution in [3.8, 4) is 23.0 Å². The lowest BCUT2D eigenvalue weighted by atomic mass is 9.94. The second kappa shape index (κ2) is 12.8. The SMILES string of the molecule is CCOC(=O)Oc1cc(-c2ncc3c(N4C[C@@H]5C[C@H](C4)[C@H](O)C5)nc(OC[C@@]45CCCN4C[C@H](F)C5)nc3c2F)c2c(CC)c(F)ccc2c1. The molecule has 2 bridgehead atoms. The summed E-state index contributed by atoms with van der Waals surface area (Å²) in [6.45, 7) is 6.04. The number of hydrogen-bond acceptors (Lipinski definition) is 10. The zero-order chi connectivity index (χ0) is 34.7. The van der Waals surface area contributed by atoms with Gasteiger partial charge in [0.2, 0.25) is 0 Å². The van der Waals surface area contributed by atoms with Gasteiger partial charge in [0.15, 0.2) is 5.82 Å². The van der Waals surface area contributed by atoms with Gasteiger partial charge in [-0.05, 0) is 86.0 Å². The number of carbonyl (C=O) groups is 1. The van der Waals surface area contributed by atoms with Crippen LogP contribution in [0, 0.1) is 23.5 Å². The van der Waals surface area contributed by atoms with Gasteiger partial charge in [-0.15, -0.1) is 0 Å². The van der Waals surface area contributed by atoms with Crippen LogP contribution in [0.4, 0.5) is 23.8 Å². The summed E-state index contributed by atoms with van der Waals surface area (Å²) in [5, 5.41) is 12.0. The van der Waals surface area contributed by atoms with Crippen molar-refractivity contribution in [2.45, 2.75) is 70.2 Å². The highest BCUT2D eigenvalue weighted by Crippen LogP contribution is 2.44. The van der Waals surface area contributed by atoms with E-state index in [-0.39, 0.29) is 53.6 Å². The fourth-order valence-electron chi connectivity index (χ4n) is 8.89. The number of fused-ring (bicyclic) bond motifs is 5. The molecule has 4 fully saturated rings. The van der Waals surface area contributed by atoms with Crippen LogP contribution in [0.25, 0.3) is 32.9 Å². The normalized spacial score (nSPS) is 26.2. The first kappa shape index (κ1) is 32.9. The van der Waals surface area contributed by atoms with Crippen LogP contribution in [0.15, 0.2) is 30.5 Å². The van der Waals surface area contributed by atoms with Crippen LogP contribution in [-0.2, 0) is 11.2 Å². The van der Waals surface area contributed by atoms with Crippen molar-refractivity contribution >= 4 is 33.6 Å². The number of aromatic nitrogens is 3. The average molecular weight is 692 g/mol. The summed E-state index contributed by atoms with van der Waals surface area (Å²) in [5.74, 6) is -0.377. The summed E-state index contributed by atoms with van der Waals surface area (Å²) in [5.41, 5.74) is -0.0338. The summed E-state index contributed by atoms with van der Waals surface area (Å²) in [6, 6.07) is 5.88. The maximum atomic E-state index is 17.1. The molecule has 1 aliphatic carbocycles. The molecule has 264 valence electrons. The van der Waals surface area contributed by atoms with Gasteiger partial charge in [0.1, 0.15) is 41.4 Å². The highest BCUT2D eigenvalue weighted by atomic mass is 19.1. The third-order valence-electron chi connectivity index (χ3n) is 11.1. The van der Waals surface area contributed by atoms with Crippen LogP contribution in [-0.4, -0.2) is 88.3 Å². The number of aliphatic hydroxyl groups is 1. The molecule has 2 aromatic carbocycles. The molecule has 4 aromatic rings. The van der Waals surface area contributed by atoms with Gasteiger partial charge in [-0.1, -0.05) is 13.0 Å². The Bertz CT molecular complexity index is 1980. The quantitative estimate of drug-likeness (QED) is 0.165. The number of rotatable bonds is 8. The van der Waals surface area contributed by atoms with E-state index >= 15 is 8.78 Å². The predicted molar refractivity (Wildman–Crippen MR) is 180 cm³/mol. The second-order valence-electron chi connectivity index (χ2n) is 14.2. The number of nitrogens with zero attached hydrogens (tertiary/aromatic N) is 5. The Labute approximate surface area is 287 Å². The Hall–Kier alpha value is -4.23. The minimum Gasteiger partial charge on any atom is -0.461 e. The lowest BCUT2D eigenvalue weighted by molar-refractivity contribution is 0.104. The molecule has 3 aliphatic heterocycles. The zero-order valence-corrected chi connectivity index (χ0v) is 28.1. The van der Waals surface area contributed by atoms with Crippen molar-refractivity contribution in [3.63, 3.8) is 0 Å². The molecule has 0 radical (unpaired) electrons. The van der Waals surface area contributed by atoms with Crippen LogP contribution in [0.1, 0.15) is 51.5 Å². The first-order chi connectivity index (χ1) is 24.2. The summed E-state index contributed by atoms with van der Waals surface area (Å²) in [7, 11) is 0. The first-order valence-corrected chi connectivity index (χ1v) is 17.6. The third kappa shape index (κ3) is 5.68. The molecule has 5 heterocycles. The van der Waals surface area contributed by atoms with Gasteiger partial charge < -0.3 is 24.2 Å². The Balaban J connectivity index is 1.27. The fourth-order valence-corrected chi connectivity index (χ4v) is 8.89. The molecule has 3 saturated heterocycles. The Morgan fingerprint density at radius 3 is 2.78 bits per heavy atom. The van der Waals surface area contributed by atoms with Crippen LogP contribution in [0.5, 0.6) is 11.8 Å². The molecule has 1 saturated carbocycles. The maximum absolute atomic E-state index is 17.1. The van der Waals surface area contributed by atoms with Gasteiger partial charge in [-0.3, -0.25) is 9.88 Å². The van der Waals surface area contributed by atoms with E-state index < -0.39 is 35.6 Å². The maximum Gasteiger partial charge on any atom is 0.513 e. The van der Waals surface area contributed by atoms with E-state index in [9.17, 15) is 14.3 Å². The first-order valence-electron chi connectivity index (χ1n) is 17.6. The molecule has 1 N–H and O–H groups in total. The summed E-state index contributed by atoms with van der Waals surface area (Å²) in [6.07, 6.45) is 3.24. The monoisotopic (exact) mass is 691 g/mol. The molecule has 50 heavy (non-hydrogen) atoms. The minimum atomic E-state index is -0.940. The van der Waals surface area contributed by atoms with Crippen LogP contribution in [0.3, 0.4) is 0 Å². The molecule has 8 rings (SSSR count). The molecule has 0 spiro atoms. The lowest BCUT2D eigenvalue weighted by Crippen LogP contribution is -2.43. The van der Waals surface area contributed by atoms with Crippen molar-refractivity contribution in [3.05, 3.63) is 47.7 Å². The number of halogens is 3. The van der Waals surface area contributed by atoms with Gasteiger partial charge in [0.25, 0.3) is 0 Å². The number of ether oxygens (including phenoxy) is 3. The van der Waals surface area contributed by atoms with Gasteiger partial charge >= 0.3 is 12.2 Å². The molecule has 13 heteroatoms. The van der Waals surface area contributed by atoms with E-state index in [4.69, 9.17) is 19.2 Å². The Morgan fingerprint density at radius 2 is 1.98 bits per heavy atom. The number of benzene rings is 2. The summed E-state index contributed by atoms with van der Waals surface area (Å²) >= 11 is 0. The van der Waals surface area contributed by atoms with Crippen LogP contribution >= 0.6 is 0 Å². The van der Waals surface area contributed by atoms with Gasteiger partial charge in [-0.25, -0.2) is 18.0 Å². The second-order valence-corrected chi connectivity index (χ2v) is 14.2. The number of anilines is 1. The highest BCUT2D eigenvalue weighted by Gasteiger charge is 2.49. The van der Waals surface area contributed by atoms with Gasteiger partial charge in [-0.2, -0.15) is 9.97 Å². The molecule has 10 nitrogen and oxygen atoms in total. The largest absolute Gasteiger partial charge is 0.513 e. The van der Waals surface area contributed by atoms with Crippen molar-refractivity contribution in [2.24, 2.45) is 11.8 Å². The molecule has 0 amide bonds. The molecular weight excluding hydrogens is 651 g/mol. The van der Waals surface area contributed by atoms with Crippen molar-refractivity contribution in [1.29, 1.82) is 0 Å². The topological polar surface area (TPSA) is 110 Å². The standard InChI is InChI=1S/C37H40F3N5O5/c1-3-25-28(39)7-6-21-12-24(50-36(47)48-4-2)13-26(30(21)25)32-31(40)33-27(15-41-32)34(44-16-20-10-22(17-44)29(46)11-20)43-35(42-33)49-19-37-8-5-9-45(37)18-23(38)14-37/h6-7,12-13,15,20,22-23,29,46H,3-5,8-11,14,16-19H2,1-2H3/t20-,22-,23-,29-,37+/m1/s1. The number of aliphatic hydroxyl groups excluding tert-OH is 1. The molecule has 4 aliphatic rings. The summed E-state index contributed by atoms with van der Waals surface area (Å²) in [4.78, 5) is 30.5. The van der Waals surface area contributed by atoms with Crippen LogP contribution in [0.2, 0.25) is 0 Å². The minimum absolute atomic E-state index is 0.0323. The third-order valence-corrected chi connectivity index (χ3v) is 11.1. The molecule has 0 unspecified atom stereocenters. The highest BCUT2D eigenvalue weighted by molar-refractivity contribution is 6.02. The van der Waals surface area contributed by atoms with Crippen LogP contribution < -0.4 is 14.4 Å². The van der Waals surface area contributed by atoms with E-state index in [1.165, 1.54) is 18.3 Å². The Morgan fingerprint density at radius 1 is 1.12 bits per heavy atom. The number of pyridine rings is 1. The zero-order valence-electron chi connectivity index (χ0n) is 28.1. The smallest absolute Gasteiger partial charge is 0.461 e. The van der Waals surface area contributed by atoms with E-state index in [1.807, 2.05) is 4.90 Å². The molecular formula is C37H40F3N5O5. The predicted octanol–water partition coefficient (Wildman–Crippen LogP) is 6.38. The number of alkyl halides is 1. The fraction of sp³-hybridized carbons (Fsp3) is 0.514. The lowest BCUT2D eigenvalue weighted by Gasteiger charge is -2.34. The number of carbonyl (C=O) groups excluding carboxylic acids is 1. The van der Waals surface area contributed by atoms with Crippen molar-refractivity contribution in [2.75, 3.05) is 44.3 Å². The van der Waals surface area contributed by atoms with E-state index in [2.05, 4.69) is 14.9 Å². The van der Waals surface area contributed by atoms with Gasteiger partial charge in [0.05, 0.1) is 23.6 Å². The van der Waals surface area contributed by atoms with E-state index in [0.717, 1.165) is 25.8 Å². The van der Waals surface area contributed by atoms with Crippen molar-refractivity contribution in [1.82, 2.24) is 19.9 Å². The Kier molecular flexibility index (Phi) is 8.45. The number of piperidine rings is 1. The number of hydrogen-bond donors (Lipinski definition) is 1. The van der Waals surface area contributed by atoms with Crippen molar-refractivity contribution < 1.29 is 37.3 Å². The van der Waals surface area contributed by atoms with Gasteiger partial charge in [0, 0.05) is 43.7 Å². The number of aryl methyl sites for hydroxylation is 1. The van der Waals surface area contributed by atoms with E-state index in [0.29, 0.717) is 66.4 Å². The summed E-state index contributed by atoms with van der Waals surface area (Å²) < 4.78 is 63.6. The molecule has 2 aromatic heterocycles.